The van der Waals surface area contributed by atoms with E-state index >= 15 is 0 Å². The van der Waals surface area contributed by atoms with Crippen molar-refractivity contribution in [3.63, 3.8) is 0 Å². The molecule has 0 aliphatic carbocycles. The lowest BCUT2D eigenvalue weighted by atomic mass is 9.77. The number of piperidine rings is 1. The molecular formula is C16H22N2O2. The minimum absolute atomic E-state index is 0.256. The Morgan fingerprint density at radius 3 is 2.35 bits per heavy atom. The molecule has 2 fully saturated rings. The van der Waals surface area contributed by atoms with Crippen LogP contribution in [0.15, 0.2) is 30.3 Å². The number of carboxylic acid groups (broad SMARTS) is 1. The first-order valence-corrected chi connectivity index (χ1v) is 7.41. The van der Waals surface area contributed by atoms with E-state index in [2.05, 4.69) is 29.2 Å². The molecule has 1 spiro atoms. The molecule has 0 bridgehead atoms. The summed E-state index contributed by atoms with van der Waals surface area (Å²) < 4.78 is 0. The monoisotopic (exact) mass is 274 g/mol. The lowest BCUT2D eigenvalue weighted by Crippen LogP contribution is -2.41. The van der Waals surface area contributed by atoms with E-state index in [0.717, 1.165) is 45.4 Å². The summed E-state index contributed by atoms with van der Waals surface area (Å²) in [6.07, 6.45) is 2.54. The molecule has 0 unspecified atom stereocenters. The molecular weight excluding hydrogens is 252 g/mol. The average Bonchev–Trinajstić information content (AvgIpc) is 2.87. The Morgan fingerprint density at radius 1 is 1.10 bits per heavy atom. The zero-order valence-corrected chi connectivity index (χ0v) is 11.8. The second-order valence-corrected chi connectivity index (χ2v) is 6.22. The molecule has 0 atom stereocenters. The fraction of sp³-hybridized carbons (Fsp3) is 0.562. The van der Waals surface area contributed by atoms with E-state index in [-0.39, 0.29) is 5.41 Å². The molecule has 2 saturated heterocycles. The second-order valence-electron chi connectivity index (χ2n) is 6.22. The van der Waals surface area contributed by atoms with Gasteiger partial charge in [-0.15, -0.1) is 0 Å². The van der Waals surface area contributed by atoms with E-state index in [0.29, 0.717) is 6.54 Å². The van der Waals surface area contributed by atoms with Gasteiger partial charge in [0.2, 0.25) is 0 Å². The zero-order valence-electron chi connectivity index (χ0n) is 11.8. The molecule has 2 aliphatic rings. The molecule has 0 aromatic heterocycles. The predicted octanol–water partition coefficient (Wildman–Crippen LogP) is 2.65. The van der Waals surface area contributed by atoms with E-state index in [1.165, 1.54) is 5.56 Å². The van der Waals surface area contributed by atoms with E-state index < -0.39 is 6.09 Å². The van der Waals surface area contributed by atoms with Crippen LogP contribution in [0, 0.1) is 5.41 Å². The summed E-state index contributed by atoms with van der Waals surface area (Å²) in [7, 11) is 0. The molecule has 2 aliphatic heterocycles. The normalized spacial score (nSPS) is 22.3. The summed E-state index contributed by atoms with van der Waals surface area (Å²) in [6, 6.07) is 10.6. The third-order valence-corrected chi connectivity index (χ3v) is 4.87. The summed E-state index contributed by atoms with van der Waals surface area (Å²) >= 11 is 0. The zero-order chi connectivity index (χ0) is 14.0. The highest BCUT2D eigenvalue weighted by atomic mass is 16.4. The Kier molecular flexibility index (Phi) is 3.66. The van der Waals surface area contributed by atoms with Crippen LogP contribution in [-0.4, -0.2) is 47.2 Å². The molecule has 1 aromatic carbocycles. The van der Waals surface area contributed by atoms with Crippen molar-refractivity contribution >= 4 is 6.09 Å². The fourth-order valence-corrected chi connectivity index (χ4v) is 3.53. The van der Waals surface area contributed by atoms with Crippen LogP contribution in [0.3, 0.4) is 0 Å². The summed E-state index contributed by atoms with van der Waals surface area (Å²) in [5, 5.41) is 9.09. The van der Waals surface area contributed by atoms with Gasteiger partial charge in [0.15, 0.2) is 0 Å². The van der Waals surface area contributed by atoms with Crippen LogP contribution >= 0.6 is 0 Å². The van der Waals surface area contributed by atoms with Gasteiger partial charge in [0.25, 0.3) is 0 Å². The highest BCUT2D eigenvalue weighted by Crippen LogP contribution is 2.40. The highest BCUT2D eigenvalue weighted by Gasteiger charge is 2.41. The molecule has 0 radical (unpaired) electrons. The van der Waals surface area contributed by atoms with Crippen molar-refractivity contribution < 1.29 is 9.90 Å². The van der Waals surface area contributed by atoms with Crippen molar-refractivity contribution in [1.29, 1.82) is 0 Å². The quantitative estimate of drug-likeness (QED) is 0.901. The molecule has 2 heterocycles. The molecule has 108 valence electrons. The van der Waals surface area contributed by atoms with Crippen molar-refractivity contribution in [3.8, 4) is 0 Å². The largest absolute Gasteiger partial charge is 0.465 e. The van der Waals surface area contributed by atoms with Crippen LogP contribution in [0.4, 0.5) is 4.79 Å². The van der Waals surface area contributed by atoms with Gasteiger partial charge in [-0.2, -0.15) is 0 Å². The highest BCUT2D eigenvalue weighted by molar-refractivity contribution is 5.65. The van der Waals surface area contributed by atoms with E-state index in [4.69, 9.17) is 5.11 Å². The number of likely N-dealkylation sites (tertiary alicyclic amines) is 2. The number of hydrogen-bond acceptors (Lipinski definition) is 2. The Bertz CT molecular complexity index is 467. The minimum Gasteiger partial charge on any atom is -0.465 e. The van der Waals surface area contributed by atoms with Crippen LogP contribution in [0.2, 0.25) is 0 Å². The Hall–Kier alpha value is -1.55. The number of carbonyl (C=O) groups is 1. The number of amides is 1. The first kappa shape index (κ1) is 13.4. The third-order valence-electron chi connectivity index (χ3n) is 4.87. The molecule has 20 heavy (non-hydrogen) atoms. The molecule has 1 N–H and O–H groups in total. The first-order valence-electron chi connectivity index (χ1n) is 7.41. The van der Waals surface area contributed by atoms with Gasteiger partial charge < -0.3 is 10.0 Å². The fourth-order valence-electron chi connectivity index (χ4n) is 3.53. The maximum atomic E-state index is 11.0. The maximum Gasteiger partial charge on any atom is 0.407 e. The smallest absolute Gasteiger partial charge is 0.407 e. The second kappa shape index (κ2) is 5.44. The van der Waals surface area contributed by atoms with Gasteiger partial charge in [-0.25, -0.2) is 4.79 Å². The molecule has 4 heteroatoms. The number of hydrogen-bond donors (Lipinski definition) is 1. The van der Waals surface area contributed by atoms with E-state index in [1.807, 2.05) is 6.07 Å². The van der Waals surface area contributed by atoms with E-state index in [1.54, 1.807) is 4.90 Å². The number of nitrogens with zero attached hydrogens (tertiary/aromatic N) is 2. The van der Waals surface area contributed by atoms with Crippen molar-refractivity contribution in [2.75, 3.05) is 26.2 Å². The topological polar surface area (TPSA) is 43.8 Å². The molecule has 1 aromatic rings. The summed E-state index contributed by atoms with van der Waals surface area (Å²) in [6.45, 7) is 4.64. The molecule has 0 saturated carbocycles. The molecule has 1 amide bonds. The summed E-state index contributed by atoms with van der Waals surface area (Å²) in [5.74, 6) is 0. The van der Waals surface area contributed by atoms with Gasteiger partial charge in [-0.05, 0) is 43.3 Å². The van der Waals surface area contributed by atoms with Gasteiger partial charge in [0.05, 0.1) is 0 Å². The van der Waals surface area contributed by atoms with Crippen LogP contribution < -0.4 is 0 Å². The van der Waals surface area contributed by atoms with E-state index in [9.17, 15) is 4.79 Å². The first-order chi connectivity index (χ1) is 9.67. The number of rotatable bonds is 2. The van der Waals surface area contributed by atoms with Crippen LogP contribution in [-0.2, 0) is 6.54 Å². The van der Waals surface area contributed by atoms with Gasteiger partial charge in [0, 0.05) is 19.6 Å². The Labute approximate surface area is 120 Å². The van der Waals surface area contributed by atoms with Crippen molar-refractivity contribution in [1.82, 2.24) is 9.80 Å². The lowest BCUT2D eigenvalue weighted by Gasteiger charge is -2.39. The summed E-state index contributed by atoms with van der Waals surface area (Å²) in [5.41, 5.74) is 1.62. The van der Waals surface area contributed by atoms with Crippen LogP contribution in [0.25, 0.3) is 0 Å². The number of benzene rings is 1. The lowest BCUT2D eigenvalue weighted by molar-refractivity contribution is 0.0987. The Morgan fingerprint density at radius 2 is 1.75 bits per heavy atom. The van der Waals surface area contributed by atoms with Crippen molar-refractivity contribution in [2.24, 2.45) is 5.41 Å². The average molecular weight is 274 g/mol. The molecule has 3 rings (SSSR count). The molecule has 4 nitrogen and oxygen atoms in total. The van der Waals surface area contributed by atoms with Crippen molar-refractivity contribution in [3.05, 3.63) is 35.9 Å². The Balaban J connectivity index is 1.54. The van der Waals surface area contributed by atoms with Gasteiger partial charge >= 0.3 is 6.09 Å². The third kappa shape index (κ3) is 2.80. The van der Waals surface area contributed by atoms with Crippen LogP contribution in [0.5, 0.6) is 0 Å². The predicted molar refractivity (Wildman–Crippen MR) is 77.6 cm³/mol. The maximum absolute atomic E-state index is 11.0. The minimum atomic E-state index is -0.756. The van der Waals surface area contributed by atoms with Gasteiger partial charge in [0.1, 0.15) is 0 Å². The van der Waals surface area contributed by atoms with Crippen LogP contribution in [0.1, 0.15) is 24.8 Å². The van der Waals surface area contributed by atoms with Crippen molar-refractivity contribution in [2.45, 2.75) is 25.8 Å². The van der Waals surface area contributed by atoms with Gasteiger partial charge in [-0.1, -0.05) is 30.3 Å². The SMILES string of the molecule is O=C(O)N1CCC2(CCN(Cc3ccccc3)CC2)C1. The summed E-state index contributed by atoms with van der Waals surface area (Å²) in [4.78, 5) is 15.1. The standard InChI is InChI=1S/C16H22N2O2/c19-15(20)18-11-8-16(13-18)6-9-17(10-7-16)12-14-4-2-1-3-5-14/h1-5H,6-13H2,(H,19,20). The van der Waals surface area contributed by atoms with Gasteiger partial charge in [-0.3, -0.25) is 4.90 Å².